The first-order valence-electron chi connectivity index (χ1n) is 4.93. The molecule has 0 aliphatic heterocycles. The number of thiazole rings is 1. The van der Waals surface area contributed by atoms with Crippen LogP contribution in [0.15, 0.2) is 39.5 Å². The lowest BCUT2D eigenvalue weighted by Gasteiger charge is -2.05. The van der Waals surface area contributed by atoms with Crippen LogP contribution in [0.25, 0.3) is 0 Å². The molecule has 0 amide bonds. The third-order valence-corrected chi connectivity index (χ3v) is 4.83. The lowest BCUT2D eigenvalue weighted by Crippen LogP contribution is -2.11. The van der Waals surface area contributed by atoms with Gasteiger partial charge in [0.25, 0.3) is 10.0 Å². The van der Waals surface area contributed by atoms with Crippen molar-refractivity contribution in [3.05, 3.63) is 45.7 Å². The fourth-order valence-corrected chi connectivity index (χ4v) is 3.26. The smallest absolute Gasteiger partial charge is 0.335 e. The molecule has 7 nitrogen and oxygen atoms in total. The highest BCUT2D eigenvalue weighted by atomic mass is 32.2. The maximum Gasteiger partial charge on any atom is 0.335 e. The van der Waals surface area contributed by atoms with Crippen LogP contribution in [0.5, 0.6) is 0 Å². The van der Waals surface area contributed by atoms with Crippen LogP contribution >= 0.6 is 11.3 Å². The third kappa shape index (κ3) is 3.01. The highest BCUT2D eigenvalue weighted by Gasteiger charge is 2.17. The predicted molar refractivity (Wildman–Crippen MR) is 69.1 cm³/mol. The minimum Gasteiger partial charge on any atom is -0.478 e. The molecule has 0 spiro atoms. The SMILES string of the molecule is O=C(O)c1ccc(NS(=O)(=O)c2c[nH]c(=O)s2)cc1. The van der Waals surface area contributed by atoms with Gasteiger partial charge in [0, 0.05) is 11.9 Å². The van der Waals surface area contributed by atoms with Crippen molar-refractivity contribution in [2.45, 2.75) is 4.21 Å². The van der Waals surface area contributed by atoms with Crippen LogP contribution in [0.4, 0.5) is 5.69 Å². The predicted octanol–water partition coefficient (Wildman–Crippen LogP) is 0.935. The molecule has 0 bridgehead atoms. The van der Waals surface area contributed by atoms with Crippen LogP contribution in [0.2, 0.25) is 0 Å². The number of H-pyrrole nitrogens is 1. The summed E-state index contributed by atoms with van der Waals surface area (Å²) in [6.07, 6.45) is 1.10. The molecule has 0 atom stereocenters. The van der Waals surface area contributed by atoms with Crippen LogP contribution in [0.1, 0.15) is 10.4 Å². The molecule has 9 heteroatoms. The fourth-order valence-electron chi connectivity index (χ4n) is 1.29. The van der Waals surface area contributed by atoms with Gasteiger partial charge in [0.15, 0.2) is 4.21 Å². The summed E-state index contributed by atoms with van der Waals surface area (Å²) in [5.74, 6) is -1.10. The number of hydrogen-bond acceptors (Lipinski definition) is 5. The Balaban J connectivity index is 2.25. The number of hydrogen-bond donors (Lipinski definition) is 3. The van der Waals surface area contributed by atoms with E-state index in [1.807, 2.05) is 0 Å². The molecule has 0 fully saturated rings. The largest absolute Gasteiger partial charge is 0.478 e. The summed E-state index contributed by atoms with van der Waals surface area (Å²) in [5.41, 5.74) is 0.264. The Morgan fingerprint density at radius 3 is 2.37 bits per heavy atom. The fraction of sp³-hybridized carbons (Fsp3) is 0. The van der Waals surface area contributed by atoms with E-state index in [1.54, 1.807) is 0 Å². The van der Waals surface area contributed by atoms with E-state index < -0.39 is 20.9 Å². The molecule has 1 aromatic carbocycles. The average Bonchev–Trinajstić information content (AvgIpc) is 2.77. The number of aromatic amines is 1. The van der Waals surface area contributed by atoms with E-state index in [1.165, 1.54) is 24.3 Å². The van der Waals surface area contributed by atoms with Gasteiger partial charge < -0.3 is 10.1 Å². The van der Waals surface area contributed by atoms with E-state index in [2.05, 4.69) is 9.71 Å². The van der Waals surface area contributed by atoms with E-state index in [0.29, 0.717) is 11.3 Å². The highest BCUT2D eigenvalue weighted by Crippen LogP contribution is 2.17. The highest BCUT2D eigenvalue weighted by molar-refractivity contribution is 7.94. The molecule has 0 saturated heterocycles. The summed E-state index contributed by atoms with van der Waals surface area (Å²) < 4.78 is 25.8. The molecule has 2 rings (SSSR count). The summed E-state index contributed by atoms with van der Waals surface area (Å²) >= 11 is 0.566. The van der Waals surface area contributed by atoms with Gasteiger partial charge in [-0.1, -0.05) is 11.3 Å². The summed E-state index contributed by atoms with van der Waals surface area (Å²) in [6, 6.07) is 5.21. The lowest BCUT2D eigenvalue weighted by atomic mass is 10.2. The molecule has 1 aromatic heterocycles. The van der Waals surface area contributed by atoms with Crippen LogP contribution in [0, 0.1) is 0 Å². The van der Waals surface area contributed by atoms with Gasteiger partial charge in [-0.3, -0.25) is 9.52 Å². The third-order valence-electron chi connectivity index (χ3n) is 2.15. The normalized spacial score (nSPS) is 11.2. The standard InChI is InChI=1S/C10H8N2O5S2/c13-9(14)6-1-3-7(4-2-6)12-19(16,17)8-5-11-10(15)18-8/h1-5,12H,(H,11,15)(H,13,14). The van der Waals surface area contributed by atoms with Crippen LogP contribution in [-0.4, -0.2) is 24.5 Å². The van der Waals surface area contributed by atoms with E-state index in [0.717, 1.165) is 6.20 Å². The molecule has 0 saturated carbocycles. The maximum atomic E-state index is 11.9. The van der Waals surface area contributed by atoms with Crippen molar-refractivity contribution < 1.29 is 18.3 Å². The van der Waals surface area contributed by atoms with Crippen LogP contribution in [-0.2, 0) is 10.0 Å². The number of rotatable bonds is 4. The number of aromatic carboxylic acids is 1. The molecule has 3 N–H and O–H groups in total. The topological polar surface area (TPSA) is 116 Å². The van der Waals surface area contributed by atoms with E-state index in [9.17, 15) is 18.0 Å². The van der Waals surface area contributed by atoms with E-state index in [-0.39, 0.29) is 15.5 Å². The maximum absolute atomic E-state index is 11.9. The average molecular weight is 300 g/mol. The molecule has 100 valence electrons. The molecular weight excluding hydrogens is 292 g/mol. The number of benzene rings is 1. The first kappa shape index (κ1) is 13.3. The Morgan fingerprint density at radius 1 is 1.26 bits per heavy atom. The van der Waals surface area contributed by atoms with Crippen molar-refractivity contribution in [1.29, 1.82) is 0 Å². The first-order chi connectivity index (χ1) is 8.88. The van der Waals surface area contributed by atoms with Crippen molar-refractivity contribution in [3.63, 3.8) is 0 Å². The summed E-state index contributed by atoms with van der Waals surface area (Å²) in [7, 11) is -3.84. The number of sulfonamides is 1. The molecule has 0 aliphatic rings. The Kier molecular flexibility index (Phi) is 3.40. The van der Waals surface area contributed by atoms with Gasteiger partial charge in [-0.2, -0.15) is 0 Å². The molecule has 19 heavy (non-hydrogen) atoms. The second-order valence-electron chi connectivity index (χ2n) is 3.49. The summed E-state index contributed by atoms with van der Waals surface area (Å²) in [4.78, 5) is 23.3. The number of aromatic nitrogens is 1. The molecular formula is C10H8N2O5S2. The van der Waals surface area contributed by atoms with E-state index >= 15 is 0 Å². The van der Waals surface area contributed by atoms with Crippen LogP contribution in [0.3, 0.4) is 0 Å². The minimum absolute atomic E-state index is 0.0502. The zero-order chi connectivity index (χ0) is 14.0. The summed E-state index contributed by atoms with van der Waals surface area (Å²) in [5, 5.41) is 8.71. The Labute approximate surface area is 111 Å². The number of carboxylic acids is 1. The number of carbonyl (C=O) groups is 1. The van der Waals surface area contributed by atoms with Gasteiger partial charge in [-0.25, -0.2) is 13.2 Å². The Bertz CT molecular complexity index is 758. The van der Waals surface area contributed by atoms with Crippen molar-refractivity contribution in [2.24, 2.45) is 0 Å². The zero-order valence-electron chi connectivity index (χ0n) is 9.28. The number of carboxylic acid groups (broad SMARTS) is 1. The molecule has 2 aromatic rings. The first-order valence-corrected chi connectivity index (χ1v) is 7.23. The van der Waals surface area contributed by atoms with E-state index in [4.69, 9.17) is 5.11 Å². The summed E-state index contributed by atoms with van der Waals surface area (Å²) in [6.45, 7) is 0. The monoisotopic (exact) mass is 300 g/mol. The number of nitrogens with one attached hydrogen (secondary N) is 2. The Morgan fingerprint density at radius 2 is 1.89 bits per heavy atom. The molecule has 0 unspecified atom stereocenters. The zero-order valence-corrected chi connectivity index (χ0v) is 10.9. The molecule has 0 radical (unpaired) electrons. The second kappa shape index (κ2) is 4.86. The lowest BCUT2D eigenvalue weighted by molar-refractivity contribution is 0.0697. The van der Waals surface area contributed by atoms with Crippen molar-refractivity contribution >= 4 is 33.0 Å². The Hall–Kier alpha value is -2.13. The van der Waals surface area contributed by atoms with Crippen molar-refractivity contribution in [2.75, 3.05) is 4.72 Å². The van der Waals surface area contributed by atoms with Crippen molar-refractivity contribution in [1.82, 2.24) is 4.98 Å². The van der Waals surface area contributed by atoms with Crippen molar-refractivity contribution in [3.8, 4) is 0 Å². The van der Waals surface area contributed by atoms with Crippen LogP contribution < -0.4 is 9.60 Å². The van der Waals surface area contributed by atoms with Gasteiger partial charge in [-0.05, 0) is 24.3 Å². The van der Waals surface area contributed by atoms with Gasteiger partial charge >= 0.3 is 10.8 Å². The van der Waals surface area contributed by atoms with Gasteiger partial charge in [0.1, 0.15) is 0 Å². The molecule has 1 heterocycles. The van der Waals surface area contributed by atoms with Gasteiger partial charge in [0.2, 0.25) is 0 Å². The van der Waals surface area contributed by atoms with Gasteiger partial charge in [0.05, 0.1) is 5.56 Å². The second-order valence-corrected chi connectivity index (χ2v) is 6.41. The van der Waals surface area contributed by atoms with Gasteiger partial charge in [-0.15, -0.1) is 0 Å². The minimum atomic E-state index is -3.84. The number of anilines is 1. The molecule has 0 aliphatic carbocycles. The quantitative estimate of drug-likeness (QED) is 0.777.